The van der Waals surface area contributed by atoms with Crippen molar-refractivity contribution < 1.29 is 0 Å². The first-order valence-corrected chi connectivity index (χ1v) is 7.70. The molecule has 0 spiro atoms. The lowest BCUT2D eigenvalue weighted by Crippen LogP contribution is -2.45. The molecular formula is C17H20N6. The molecule has 0 atom stereocenters. The summed E-state index contributed by atoms with van der Waals surface area (Å²) in [6.07, 6.45) is 0. The minimum atomic E-state index is 0.625. The van der Waals surface area contributed by atoms with Gasteiger partial charge in [-0.15, -0.1) is 0 Å². The van der Waals surface area contributed by atoms with E-state index in [9.17, 15) is 0 Å². The quantitative estimate of drug-likeness (QED) is 0.937. The molecule has 0 unspecified atom stereocenters. The molecule has 1 aromatic carbocycles. The molecule has 0 saturated carbocycles. The van der Waals surface area contributed by atoms with E-state index in [0.29, 0.717) is 5.56 Å². The number of nitriles is 1. The van der Waals surface area contributed by atoms with Crippen LogP contribution in [-0.2, 0) is 0 Å². The summed E-state index contributed by atoms with van der Waals surface area (Å²) in [6, 6.07) is 11.4. The topological polar surface area (TPSA) is 68.1 Å². The van der Waals surface area contributed by atoms with E-state index in [2.05, 4.69) is 38.2 Å². The van der Waals surface area contributed by atoms with Gasteiger partial charge in [-0.2, -0.15) is 10.2 Å². The molecule has 6 heteroatoms. The molecule has 3 rings (SSSR count). The van der Waals surface area contributed by atoms with E-state index in [1.165, 1.54) is 0 Å². The van der Waals surface area contributed by atoms with E-state index < -0.39 is 0 Å². The third-order valence-electron chi connectivity index (χ3n) is 3.89. The summed E-state index contributed by atoms with van der Waals surface area (Å²) < 4.78 is 0. The van der Waals surface area contributed by atoms with Crippen molar-refractivity contribution in [3.05, 3.63) is 41.6 Å². The summed E-state index contributed by atoms with van der Waals surface area (Å²) >= 11 is 0. The third kappa shape index (κ3) is 3.76. The number of rotatable bonds is 3. The highest BCUT2D eigenvalue weighted by molar-refractivity contribution is 5.59. The molecule has 1 aromatic heterocycles. The Morgan fingerprint density at radius 1 is 1.13 bits per heavy atom. The fourth-order valence-electron chi connectivity index (χ4n) is 2.58. The number of aryl methyl sites for hydroxylation is 1. The number of nitrogens with zero attached hydrogens (tertiary/aromatic N) is 5. The molecule has 118 valence electrons. The Balaban J connectivity index is 1.81. The molecule has 23 heavy (non-hydrogen) atoms. The summed E-state index contributed by atoms with van der Waals surface area (Å²) in [6.45, 7) is 5.87. The first kappa shape index (κ1) is 15.3. The molecule has 2 heterocycles. The highest BCUT2D eigenvalue weighted by Crippen LogP contribution is 2.20. The van der Waals surface area contributed by atoms with Gasteiger partial charge in [0.05, 0.1) is 11.6 Å². The second-order valence-electron chi connectivity index (χ2n) is 5.80. The zero-order valence-electron chi connectivity index (χ0n) is 13.5. The smallest absolute Gasteiger partial charge is 0.227 e. The van der Waals surface area contributed by atoms with Gasteiger partial charge in [-0.3, -0.25) is 0 Å². The average Bonchev–Trinajstić information content (AvgIpc) is 2.55. The summed E-state index contributed by atoms with van der Waals surface area (Å²) in [5, 5.41) is 12.3. The fraction of sp³-hybridized carbons (Fsp3) is 0.353. The van der Waals surface area contributed by atoms with Crippen molar-refractivity contribution in [1.82, 2.24) is 14.9 Å². The molecule has 1 fully saturated rings. The Morgan fingerprint density at radius 2 is 1.91 bits per heavy atom. The second-order valence-corrected chi connectivity index (χ2v) is 5.80. The van der Waals surface area contributed by atoms with E-state index in [1.54, 1.807) is 6.07 Å². The number of anilines is 3. The lowest BCUT2D eigenvalue weighted by Gasteiger charge is -2.32. The minimum absolute atomic E-state index is 0.625. The van der Waals surface area contributed by atoms with E-state index in [4.69, 9.17) is 5.26 Å². The standard InChI is InChI=1S/C17H20N6/c1-13-10-16(20-15-5-3-4-14(11-15)12-18)21-17(19-13)23-8-6-22(2)7-9-23/h3-5,10-11H,6-9H2,1-2H3,(H,19,20,21). The first-order chi connectivity index (χ1) is 11.1. The van der Waals surface area contributed by atoms with Crippen molar-refractivity contribution in [1.29, 1.82) is 5.26 Å². The Labute approximate surface area is 136 Å². The summed E-state index contributed by atoms with van der Waals surface area (Å²) in [5.41, 5.74) is 2.40. The lowest BCUT2D eigenvalue weighted by atomic mass is 10.2. The predicted molar refractivity (Wildman–Crippen MR) is 90.9 cm³/mol. The Kier molecular flexibility index (Phi) is 4.40. The molecule has 1 saturated heterocycles. The van der Waals surface area contributed by atoms with Gasteiger partial charge in [-0.1, -0.05) is 6.07 Å². The van der Waals surface area contributed by atoms with Gasteiger partial charge in [0.1, 0.15) is 5.82 Å². The van der Waals surface area contributed by atoms with Gasteiger partial charge in [0.2, 0.25) is 5.95 Å². The van der Waals surface area contributed by atoms with Gasteiger partial charge in [0, 0.05) is 43.6 Å². The molecule has 0 amide bonds. The van der Waals surface area contributed by atoms with E-state index in [-0.39, 0.29) is 0 Å². The normalized spacial score (nSPS) is 15.3. The van der Waals surface area contributed by atoms with Crippen molar-refractivity contribution >= 4 is 17.5 Å². The number of hydrogen-bond donors (Lipinski definition) is 1. The first-order valence-electron chi connectivity index (χ1n) is 7.70. The molecule has 6 nitrogen and oxygen atoms in total. The van der Waals surface area contributed by atoms with Gasteiger partial charge < -0.3 is 15.1 Å². The Bertz CT molecular complexity index is 728. The highest BCUT2D eigenvalue weighted by atomic mass is 15.3. The average molecular weight is 308 g/mol. The van der Waals surface area contributed by atoms with Crippen LogP contribution in [-0.4, -0.2) is 48.1 Å². The SMILES string of the molecule is Cc1cc(Nc2cccc(C#N)c2)nc(N2CCN(C)CC2)n1. The Morgan fingerprint density at radius 3 is 2.65 bits per heavy atom. The van der Waals surface area contributed by atoms with Crippen molar-refractivity contribution in [3.63, 3.8) is 0 Å². The van der Waals surface area contributed by atoms with Crippen LogP contribution in [0.4, 0.5) is 17.5 Å². The number of likely N-dealkylation sites (N-methyl/N-ethyl adjacent to an activating group) is 1. The van der Waals surface area contributed by atoms with Crippen LogP contribution in [0.15, 0.2) is 30.3 Å². The van der Waals surface area contributed by atoms with Gasteiger partial charge in [-0.25, -0.2) is 4.98 Å². The van der Waals surface area contributed by atoms with Crippen molar-refractivity contribution in [2.75, 3.05) is 43.4 Å². The van der Waals surface area contributed by atoms with Crippen molar-refractivity contribution in [3.8, 4) is 6.07 Å². The second kappa shape index (κ2) is 6.63. The zero-order chi connectivity index (χ0) is 16.2. The van der Waals surface area contributed by atoms with Gasteiger partial charge in [0.25, 0.3) is 0 Å². The summed E-state index contributed by atoms with van der Waals surface area (Å²) in [7, 11) is 2.13. The number of benzene rings is 1. The molecule has 2 aromatic rings. The lowest BCUT2D eigenvalue weighted by molar-refractivity contribution is 0.311. The molecule has 0 aliphatic carbocycles. The van der Waals surface area contributed by atoms with Crippen LogP contribution in [0.3, 0.4) is 0 Å². The highest BCUT2D eigenvalue weighted by Gasteiger charge is 2.17. The maximum Gasteiger partial charge on any atom is 0.227 e. The molecular weight excluding hydrogens is 288 g/mol. The van der Waals surface area contributed by atoms with Crippen LogP contribution in [0.25, 0.3) is 0 Å². The van der Waals surface area contributed by atoms with Gasteiger partial charge in [-0.05, 0) is 32.2 Å². The van der Waals surface area contributed by atoms with Crippen LogP contribution in [0.2, 0.25) is 0 Å². The largest absolute Gasteiger partial charge is 0.340 e. The number of hydrogen-bond acceptors (Lipinski definition) is 6. The zero-order valence-corrected chi connectivity index (χ0v) is 13.5. The molecule has 1 aliphatic heterocycles. The van der Waals surface area contributed by atoms with E-state index >= 15 is 0 Å². The number of piperazine rings is 1. The van der Waals surface area contributed by atoms with E-state index in [1.807, 2.05) is 31.2 Å². The van der Waals surface area contributed by atoms with Crippen LogP contribution in [0.1, 0.15) is 11.3 Å². The van der Waals surface area contributed by atoms with Crippen molar-refractivity contribution in [2.24, 2.45) is 0 Å². The third-order valence-corrected chi connectivity index (χ3v) is 3.89. The van der Waals surface area contributed by atoms with Crippen LogP contribution >= 0.6 is 0 Å². The summed E-state index contributed by atoms with van der Waals surface area (Å²) in [4.78, 5) is 13.7. The molecule has 0 bridgehead atoms. The fourth-order valence-corrected chi connectivity index (χ4v) is 2.58. The predicted octanol–water partition coefficient (Wildman–Crippen LogP) is 2.15. The molecule has 1 aliphatic rings. The monoisotopic (exact) mass is 308 g/mol. The Hall–Kier alpha value is -2.65. The van der Waals surface area contributed by atoms with Crippen LogP contribution in [0, 0.1) is 18.3 Å². The summed E-state index contributed by atoms with van der Waals surface area (Å²) in [5.74, 6) is 1.51. The maximum atomic E-state index is 8.99. The number of aromatic nitrogens is 2. The molecule has 0 radical (unpaired) electrons. The van der Waals surface area contributed by atoms with Crippen LogP contribution in [0.5, 0.6) is 0 Å². The van der Waals surface area contributed by atoms with E-state index in [0.717, 1.165) is 49.3 Å². The van der Waals surface area contributed by atoms with Crippen LogP contribution < -0.4 is 10.2 Å². The molecule has 1 N–H and O–H groups in total. The van der Waals surface area contributed by atoms with Crippen molar-refractivity contribution in [2.45, 2.75) is 6.92 Å². The minimum Gasteiger partial charge on any atom is -0.340 e. The number of nitrogens with one attached hydrogen (secondary N) is 1. The van der Waals surface area contributed by atoms with Gasteiger partial charge >= 0.3 is 0 Å². The maximum absolute atomic E-state index is 8.99. The van der Waals surface area contributed by atoms with Gasteiger partial charge in [0.15, 0.2) is 0 Å².